The fourth-order valence-corrected chi connectivity index (χ4v) is 7.43. The Hall–Kier alpha value is -5.70. The average Bonchev–Trinajstić information content (AvgIpc) is 4.04. The van der Waals surface area contributed by atoms with Gasteiger partial charge in [-0.15, -0.1) is 0 Å². The van der Waals surface area contributed by atoms with Crippen molar-refractivity contribution in [1.29, 1.82) is 0 Å². The summed E-state index contributed by atoms with van der Waals surface area (Å²) < 4.78 is 5.42. The van der Waals surface area contributed by atoms with Crippen LogP contribution < -0.4 is 5.73 Å². The van der Waals surface area contributed by atoms with Gasteiger partial charge >= 0.3 is 6.03 Å². The lowest BCUT2D eigenvalue weighted by molar-refractivity contribution is -0.133. The summed E-state index contributed by atoms with van der Waals surface area (Å²) in [6.07, 6.45) is 7.29. The highest BCUT2D eigenvalue weighted by Crippen LogP contribution is 2.34. The van der Waals surface area contributed by atoms with E-state index < -0.39 is 6.04 Å². The minimum absolute atomic E-state index is 0.0473. The second-order valence-corrected chi connectivity index (χ2v) is 13.6. The molecule has 3 atom stereocenters. The third-order valence-corrected chi connectivity index (χ3v) is 10.3. The second kappa shape index (κ2) is 14.9. The van der Waals surface area contributed by atoms with E-state index >= 15 is 0 Å². The van der Waals surface area contributed by atoms with Gasteiger partial charge in [0.25, 0.3) is 0 Å². The van der Waals surface area contributed by atoms with Gasteiger partial charge in [-0.3, -0.25) is 4.79 Å². The van der Waals surface area contributed by atoms with E-state index in [9.17, 15) is 9.59 Å². The number of amides is 3. The maximum Gasteiger partial charge on any atom is 0.320 e. The summed E-state index contributed by atoms with van der Waals surface area (Å²) in [5.41, 5.74) is 12.8. The predicted octanol–water partition coefficient (Wildman–Crippen LogP) is 5.82. The summed E-state index contributed by atoms with van der Waals surface area (Å²) in [4.78, 5) is 48.5. The molecule has 0 radical (unpaired) electrons. The summed E-state index contributed by atoms with van der Waals surface area (Å²) in [6.45, 7) is 3.86. The van der Waals surface area contributed by atoms with Gasteiger partial charge in [0.15, 0.2) is 0 Å². The molecule has 264 valence electrons. The molecule has 3 saturated heterocycles. The number of likely N-dealkylation sites (tertiary alicyclic amines) is 2. The third-order valence-electron chi connectivity index (χ3n) is 10.3. The minimum atomic E-state index is -0.694. The van der Waals surface area contributed by atoms with Crippen LogP contribution in [0.4, 0.5) is 4.79 Å². The molecule has 0 unspecified atom stereocenters. The molecule has 2 aromatic heterocycles. The molecule has 8 rings (SSSR count). The van der Waals surface area contributed by atoms with Gasteiger partial charge in [-0.1, -0.05) is 66.4 Å². The van der Waals surface area contributed by atoms with Crippen LogP contribution in [0, 0.1) is 11.8 Å². The largest absolute Gasteiger partial charge is 0.378 e. The molecule has 3 fully saturated rings. The van der Waals surface area contributed by atoms with Gasteiger partial charge in [0.05, 0.1) is 49.1 Å². The van der Waals surface area contributed by atoms with Crippen LogP contribution >= 0.6 is 0 Å². The van der Waals surface area contributed by atoms with Crippen molar-refractivity contribution in [3.63, 3.8) is 0 Å². The number of rotatable bonds is 6. The second-order valence-electron chi connectivity index (χ2n) is 13.6. The van der Waals surface area contributed by atoms with Crippen molar-refractivity contribution in [3.8, 4) is 34.4 Å². The van der Waals surface area contributed by atoms with E-state index in [0.29, 0.717) is 32.8 Å². The van der Waals surface area contributed by atoms with Crippen LogP contribution in [0.1, 0.15) is 72.1 Å². The van der Waals surface area contributed by atoms with E-state index in [4.69, 9.17) is 10.5 Å². The SMILES string of the molecule is N[C@@H](C(=O)N1CCC[C@H]1c1ncc(-c2ccc(C#Cc3ccc(-c4cnc([C@@H]5CCCN5C(=O)N5CCOCC5)[nH]4)cc3)cc2)[nH]1)c1ccccc1. The Kier molecular flexibility index (Phi) is 9.57. The number of nitrogens with zero attached hydrogens (tertiary/aromatic N) is 5. The maximum absolute atomic E-state index is 13.3. The van der Waals surface area contributed by atoms with E-state index in [2.05, 4.69) is 31.8 Å². The minimum Gasteiger partial charge on any atom is -0.378 e. The number of hydrogen-bond donors (Lipinski definition) is 3. The Balaban J connectivity index is 0.890. The number of benzene rings is 3. The Bertz CT molecular complexity index is 2070. The number of ether oxygens (including phenoxy) is 1. The molecule has 3 aliphatic rings. The Labute approximate surface area is 303 Å². The van der Waals surface area contributed by atoms with Crippen LogP contribution in [0.2, 0.25) is 0 Å². The van der Waals surface area contributed by atoms with Crippen LogP contribution in [0.5, 0.6) is 0 Å². The number of nitrogens with two attached hydrogens (primary N) is 1. The molecule has 0 saturated carbocycles. The fourth-order valence-electron chi connectivity index (χ4n) is 7.43. The molecule has 52 heavy (non-hydrogen) atoms. The van der Waals surface area contributed by atoms with Gasteiger partial charge in [0.2, 0.25) is 5.91 Å². The van der Waals surface area contributed by atoms with Crippen molar-refractivity contribution in [2.45, 2.75) is 43.8 Å². The van der Waals surface area contributed by atoms with Crippen molar-refractivity contribution < 1.29 is 14.3 Å². The van der Waals surface area contributed by atoms with Gasteiger partial charge in [0.1, 0.15) is 17.7 Å². The number of H-pyrrole nitrogens is 2. The van der Waals surface area contributed by atoms with Crippen LogP contribution in [-0.2, 0) is 9.53 Å². The van der Waals surface area contributed by atoms with Crippen LogP contribution in [0.3, 0.4) is 0 Å². The van der Waals surface area contributed by atoms with E-state index in [1.165, 1.54) is 0 Å². The summed E-state index contributed by atoms with van der Waals surface area (Å²) in [5.74, 6) is 8.07. The van der Waals surface area contributed by atoms with Crippen molar-refractivity contribution in [2.24, 2.45) is 5.73 Å². The Morgan fingerprint density at radius 3 is 1.79 bits per heavy atom. The molecule has 3 amide bonds. The monoisotopic (exact) mass is 694 g/mol. The summed E-state index contributed by atoms with van der Waals surface area (Å²) in [6, 6.07) is 24.9. The maximum atomic E-state index is 13.3. The zero-order chi connectivity index (χ0) is 35.4. The number of urea groups is 1. The highest BCUT2D eigenvalue weighted by molar-refractivity contribution is 5.83. The highest BCUT2D eigenvalue weighted by atomic mass is 16.5. The standard InChI is InChI=1S/C41H42N8O3/c42-37(32-6-2-1-3-7-32)40(50)48-20-4-8-35(48)38-43-26-33(45-38)30-16-12-28(13-17-30)10-11-29-14-18-31(19-15-29)34-27-44-39(46-34)36-9-5-21-49(36)41(51)47-22-24-52-25-23-47/h1-3,6-7,12-19,26-27,35-37H,4-5,8-9,20-25,42H2,(H,43,45)(H,44,46)/t35-,36-,37+/m0/s1. The molecule has 0 bridgehead atoms. The van der Waals surface area contributed by atoms with Crippen LogP contribution in [-0.4, -0.2) is 86.0 Å². The van der Waals surface area contributed by atoms with Gasteiger partial charge in [-0.25, -0.2) is 14.8 Å². The normalized spacial score (nSPS) is 19.4. The summed E-state index contributed by atoms with van der Waals surface area (Å²) in [5, 5.41) is 0. The lowest BCUT2D eigenvalue weighted by Gasteiger charge is -2.33. The van der Waals surface area contributed by atoms with E-state index in [1.54, 1.807) is 0 Å². The predicted molar refractivity (Wildman–Crippen MR) is 198 cm³/mol. The molecule has 3 aliphatic heterocycles. The molecule has 3 aromatic carbocycles. The molecule has 11 nitrogen and oxygen atoms in total. The van der Waals surface area contributed by atoms with E-state index in [-0.39, 0.29) is 24.0 Å². The Morgan fingerprint density at radius 1 is 0.712 bits per heavy atom. The summed E-state index contributed by atoms with van der Waals surface area (Å²) >= 11 is 0. The molecule has 11 heteroatoms. The first-order valence-electron chi connectivity index (χ1n) is 18.1. The van der Waals surface area contributed by atoms with Crippen molar-refractivity contribution in [2.75, 3.05) is 39.4 Å². The van der Waals surface area contributed by atoms with Gasteiger partial charge in [-0.2, -0.15) is 0 Å². The first-order chi connectivity index (χ1) is 25.5. The van der Waals surface area contributed by atoms with Crippen LogP contribution in [0.15, 0.2) is 91.3 Å². The molecule has 0 aliphatic carbocycles. The number of aromatic nitrogens is 4. The number of morpholine rings is 1. The van der Waals surface area contributed by atoms with Crippen molar-refractivity contribution in [1.82, 2.24) is 34.6 Å². The van der Waals surface area contributed by atoms with Crippen LogP contribution in [0.25, 0.3) is 22.5 Å². The first-order valence-corrected chi connectivity index (χ1v) is 18.1. The number of imidazole rings is 2. The lowest BCUT2D eigenvalue weighted by Crippen LogP contribution is -2.48. The van der Waals surface area contributed by atoms with Crippen molar-refractivity contribution in [3.05, 3.63) is 120 Å². The molecule has 4 N–H and O–H groups in total. The number of carbonyl (C=O) groups is 2. The zero-order valence-corrected chi connectivity index (χ0v) is 29.0. The molecule has 5 aromatic rings. The number of aromatic amines is 2. The van der Waals surface area contributed by atoms with E-state index in [1.807, 2.05) is 106 Å². The average molecular weight is 695 g/mol. The smallest absolute Gasteiger partial charge is 0.320 e. The van der Waals surface area contributed by atoms with Gasteiger partial charge < -0.3 is 35.1 Å². The topological polar surface area (TPSA) is 136 Å². The quantitative estimate of drug-likeness (QED) is 0.192. The number of nitrogens with one attached hydrogen (secondary N) is 2. The third kappa shape index (κ3) is 6.95. The first kappa shape index (κ1) is 33.4. The van der Waals surface area contributed by atoms with Gasteiger partial charge in [0, 0.05) is 37.3 Å². The molecular formula is C41H42N8O3. The molecule has 0 spiro atoms. The number of hydrogen-bond acceptors (Lipinski definition) is 6. The number of carbonyl (C=O) groups excluding carboxylic acids is 2. The highest BCUT2D eigenvalue weighted by Gasteiger charge is 2.36. The zero-order valence-electron chi connectivity index (χ0n) is 29.0. The summed E-state index contributed by atoms with van der Waals surface area (Å²) in [7, 11) is 0. The fraction of sp³-hybridized carbons (Fsp3) is 0.317. The molecular weight excluding hydrogens is 653 g/mol. The molecule has 5 heterocycles. The van der Waals surface area contributed by atoms with Gasteiger partial charge in [-0.05, 0) is 66.6 Å². The Morgan fingerprint density at radius 2 is 1.23 bits per heavy atom. The van der Waals surface area contributed by atoms with E-state index in [0.717, 1.165) is 83.1 Å². The van der Waals surface area contributed by atoms with Crippen molar-refractivity contribution >= 4 is 11.9 Å². The lowest BCUT2D eigenvalue weighted by atomic mass is 10.1.